The fourth-order valence-electron chi connectivity index (χ4n) is 3.14. The second kappa shape index (κ2) is 9.11. The smallest absolute Gasteiger partial charge is 0.257 e. The van der Waals surface area contributed by atoms with Crippen LogP contribution in [0, 0.1) is 5.92 Å². The first kappa shape index (κ1) is 20.3. The molecule has 1 aliphatic carbocycles. The highest BCUT2D eigenvalue weighted by Crippen LogP contribution is 2.29. The molecule has 140 valence electrons. The maximum Gasteiger partial charge on any atom is 0.257 e. The Kier molecular flexibility index (Phi) is 7.41. The fourth-order valence-corrected chi connectivity index (χ4v) is 3.31. The van der Waals surface area contributed by atoms with Crippen LogP contribution in [0.15, 0.2) is 18.2 Å². The standard InChI is InChI=1S/C19H27ClN2O2.ClH/c1-13(2)24-18-6-5-15(20)11-17(18)19(23)22-9-7-16(8-10-22)21-12-14-3-4-14;/h5-6,11,13-14,16,21H,3-4,7-10,12H2,1-2H3;1H. The Labute approximate surface area is 161 Å². The Bertz CT molecular complexity index is 583. The number of hydrogen-bond donors (Lipinski definition) is 1. The van der Waals surface area contributed by atoms with E-state index in [0.29, 0.717) is 22.4 Å². The number of likely N-dealkylation sites (tertiary alicyclic amines) is 1. The van der Waals surface area contributed by atoms with E-state index in [2.05, 4.69) is 5.32 Å². The third-order valence-electron chi connectivity index (χ3n) is 4.71. The lowest BCUT2D eigenvalue weighted by Gasteiger charge is -2.33. The first-order chi connectivity index (χ1) is 11.5. The molecule has 1 aliphatic heterocycles. The van der Waals surface area contributed by atoms with Crippen LogP contribution in [0.1, 0.15) is 49.9 Å². The third-order valence-corrected chi connectivity index (χ3v) is 4.94. The van der Waals surface area contributed by atoms with E-state index < -0.39 is 0 Å². The van der Waals surface area contributed by atoms with Crippen LogP contribution in [0.4, 0.5) is 0 Å². The average molecular weight is 387 g/mol. The van der Waals surface area contributed by atoms with Crippen molar-refractivity contribution in [2.75, 3.05) is 19.6 Å². The summed E-state index contributed by atoms with van der Waals surface area (Å²) in [5.41, 5.74) is 0.570. The highest BCUT2D eigenvalue weighted by atomic mass is 35.5. The number of carbonyl (C=O) groups is 1. The number of carbonyl (C=O) groups excluding carboxylic acids is 1. The van der Waals surface area contributed by atoms with Gasteiger partial charge in [0.1, 0.15) is 5.75 Å². The first-order valence-corrected chi connectivity index (χ1v) is 9.39. The first-order valence-electron chi connectivity index (χ1n) is 9.02. The topological polar surface area (TPSA) is 41.6 Å². The Balaban J connectivity index is 0.00000225. The van der Waals surface area contributed by atoms with Crippen LogP contribution < -0.4 is 10.1 Å². The molecule has 1 heterocycles. The van der Waals surface area contributed by atoms with Gasteiger partial charge in [-0.05, 0) is 70.2 Å². The molecule has 6 heteroatoms. The Morgan fingerprint density at radius 3 is 2.56 bits per heavy atom. The van der Waals surface area contributed by atoms with Crippen LogP contribution in [0.3, 0.4) is 0 Å². The lowest BCUT2D eigenvalue weighted by atomic mass is 10.0. The average Bonchev–Trinajstić information content (AvgIpc) is 3.38. The highest BCUT2D eigenvalue weighted by molar-refractivity contribution is 6.31. The van der Waals surface area contributed by atoms with Gasteiger partial charge in [-0.25, -0.2) is 0 Å². The SMILES string of the molecule is CC(C)Oc1ccc(Cl)cc1C(=O)N1CCC(NCC2CC2)CC1.Cl. The number of nitrogens with one attached hydrogen (secondary N) is 1. The maximum atomic E-state index is 12.9. The molecule has 1 aromatic rings. The predicted octanol–water partition coefficient (Wildman–Crippen LogP) is 4.15. The van der Waals surface area contributed by atoms with Gasteiger partial charge in [0.05, 0.1) is 11.7 Å². The van der Waals surface area contributed by atoms with Crippen LogP contribution in [0.25, 0.3) is 0 Å². The summed E-state index contributed by atoms with van der Waals surface area (Å²) >= 11 is 6.10. The molecule has 0 atom stereocenters. The number of nitrogens with zero attached hydrogens (tertiary/aromatic N) is 1. The normalized spacial score (nSPS) is 18.2. The number of piperidine rings is 1. The Morgan fingerprint density at radius 2 is 1.96 bits per heavy atom. The monoisotopic (exact) mass is 386 g/mol. The van der Waals surface area contributed by atoms with Gasteiger partial charge < -0.3 is 15.0 Å². The van der Waals surface area contributed by atoms with Crippen LogP contribution in [-0.4, -0.2) is 42.6 Å². The van der Waals surface area contributed by atoms with Crippen molar-refractivity contribution in [2.24, 2.45) is 5.92 Å². The van der Waals surface area contributed by atoms with Gasteiger partial charge in [0.15, 0.2) is 0 Å². The summed E-state index contributed by atoms with van der Waals surface area (Å²) in [6, 6.07) is 5.82. The summed E-state index contributed by atoms with van der Waals surface area (Å²) < 4.78 is 5.79. The molecule has 1 N–H and O–H groups in total. The molecule has 0 aromatic heterocycles. The Hall–Kier alpha value is -0.970. The largest absolute Gasteiger partial charge is 0.490 e. The molecule has 2 fully saturated rings. The van der Waals surface area contributed by atoms with Crippen molar-refractivity contribution >= 4 is 29.9 Å². The third kappa shape index (κ3) is 5.77. The van der Waals surface area contributed by atoms with Gasteiger partial charge in [0, 0.05) is 24.2 Å². The minimum Gasteiger partial charge on any atom is -0.490 e. The van der Waals surface area contributed by atoms with E-state index in [4.69, 9.17) is 16.3 Å². The molecule has 0 bridgehead atoms. The van der Waals surface area contributed by atoms with Crippen molar-refractivity contribution in [3.8, 4) is 5.75 Å². The molecule has 25 heavy (non-hydrogen) atoms. The second-order valence-corrected chi connectivity index (χ2v) is 7.66. The van der Waals surface area contributed by atoms with Crippen molar-refractivity contribution in [1.29, 1.82) is 0 Å². The molecule has 0 radical (unpaired) electrons. The number of hydrogen-bond acceptors (Lipinski definition) is 3. The van der Waals surface area contributed by atoms with Crippen LogP contribution in [0.5, 0.6) is 5.75 Å². The number of ether oxygens (including phenoxy) is 1. The van der Waals surface area contributed by atoms with Gasteiger partial charge in [-0.2, -0.15) is 0 Å². The zero-order valence-electron chi connectivity index (χ0n) is 15.0. The van der Waals surface area contributed by atoms with Crippen LogP contribution >= 0.6 is 24.0 Å². The molecular formula is C19H28Cl2N2O2. The molecule has 2 aliphatic rings. The van der Waals surface area contributed by atoms with Gasteiger partial charge >= 0.3 is 0 Å². The minimum absolute atomic E-state index is 0. The molecule has 1 amide bonds. The molecule has 0 unspecified atom stereocenters. The second-order valence-electron chi connectivity index (χ2n) is 7.23. The summed E-state index contributed by atoms with van der Waals surface area (Å²) in [6.07, 6.45) is 4.80. The predicted molar refractivity (Wildman–Crippen MR) is 104 cm³/mol. The number of rotatable bonds is 6. The van der Waals surface area contributed by atoms with Crippen molar-refractivity contribution < 1.29 is 9.53 Å². The summed E-state index contributed by atoms with van der Waals surface area (Å²) in [5, 5.41) is 4.21. The zero-order valence-corrected chi connectivity index (χ0v) is 16.5. The molecule has 1 saturated heterocycles. The van der Waals surface area contributed by atoms with Crippen molar-refractivity contribution in [3.05, 3.63) is 28.8 Å². The molecule has 1 aromatic carbocycles. The van der Waals surface area contributed by atoms with Crippen LogP contribution in [0.2, 0.25) is 5.02 Å². The minimum atomic E-state index is 0. The molecule has 3 rings (SSSR count). The molecule has 0 spiro atoms. The zero-order chi connectivity index (χ0) is 17.1. The Morgan fingerprint density at radius 1 is 1.28 bits per heavy atom. The van der Waals surface area contributed by atoms with E-state index in [1.165, 1.54) is 12.8 Å². The van der Waals surface area contributed by atoms with E-state index in [1.54, 1.807) is 18.2 Å². The van der Waals surface area contributed by atoms with Gasteiger partial charge in [-0.3, -0.25) is 4.79 Å². The molecular weight excluding hydrogens is 359 g/mol. The molecule has 1 saturated carbocycles. The van der Waals surface area contributed by atoms with Crippen LogP contribution in [-0.2, 0) is 0 Å². The van der Waals surface area contributed by atoms with E-state index in [-0.39, 0.29) is 24.4 Å². The van der Waals surface area contributed by atoms with E-state index >= 15 is 0 Å². The molecule has 4 nitrogen and oxygen atoms in total. The number of benzene rings is 1. The lowest BCUT2D eigenvalue weighted by Crippen LogP contribution is -2.45. The highest BCUT2D eigenvalue weighted by Gasteiger charge is 2.27. The fraction of sp³-hybridized carbons (Fsp3) is 0.632. The van der Waals surface area contributed by atoms with Crippen molar-refractivity contribution in [3.63, 3.8) is 0 Å². The summed E-state index contributed by atoms with van der Waals surface area (Å²) in [5.74, 6) is 1.54. The lowest BCUT2D eigenvalue weighted by molar-refractivity contribution is 0.0699. The van der Waals surface area contributed by atoms with E-state index in [1.807, 2.05) is 18.7 Å². The number of amides is 1. The van der Waals surface area contributed by atoms with E-state index in [0.717, 1.165) is 38.4 Å². The van der Waals surface area contributed by atoms with Crippen molar-refractivity contribution in [1.82, 2.24) is 10.2 Å². The summed E-state index contributed by atoms with van der Waals surface area (Å²) in [4.78, 5) is 14.8. The van der Waals surface area contributed by atoms with Crippen molar-refractivity contribution in [2.45, 2.75) is 51.7 Å². The van der Waals surface area contributed by atoms with Gasteiger partial charge in [0.2, 0.25) is 0 Å². The maximum absolute atomic E-state index is 12.9. The van der Waals surface area contributed by atoms with Gasteiger partial charge in [-0.1, -0.05) is 11.6 Å². The number of halogens is 2. The van der Waals surface area contributed by atoms with Gasteiger partial charge in [-0.15, -0.1) is 12.4 Å². The van der Waals surface area contributed by atoms with E-state index in [9.17, 15) is 4.79 Å². The van der Waals surface area contributed by atoms with Gasteiger partial charge in [0.25, 0.3) is 5.91 Å². The summed E-state index contributed by atoms with van der Waals surface area (Å²) in [6.45, 7) is 6.63. The quantitative estimate of drug-likeness (QED) is 0.797. The summed E-state index contributed by atoms with van der Waals surface area (Å²) in [7, 11) is 0.